The molecule has 0 fully saturated rings. The molecule has 66 valence electrons. The summed E-state index contributed by atoms with van der Waals surface area (Å²) in [5.41, 5.74) is 0.306. The van der Waals surface area contributed by atoms with E-state index in [1.54, 1.807) is 0 Å². The quantitative estimate of drug-likeness (QED) is 0.722. The molecule has 5 heteroatoms. The number of carbonyl (C=O) groups is 1. The highest BCUT2D eigenvalue weighted by Crippen LogP contribution is 2.25. The molecule has 12 heavy (non-hydrogen) atoms. The van der Waals surface area contributed by atoms with Gasteiger partial charge in [-0.2, -0.15) is 0 Å². The zero-order valence-corrected chi connectivity index (χ0v) is 7.97. The van der Waals surface area contributed by atoms with Crippen LogP contribution in [0.4, 0.5) is 0 Å². The Hall–Kier alpha value is -0.970. The minimum atomic E-state index is -0.949. The zero-order chi connectivity index (χ0) is 9.35. The van der Waals surface area contributed by atoms with E-state index < -0.39 is 5.97 Å². The van der Waals surface area contributed by atoms with E-state index in [1.807, 2.05) is 20.8 Å². The van der Waals surface area contributed by atoms with Crippen LogP contribution in [0, 0.1) is 0 Å². The maximum atomic E-state index is 10.7. The lowest BCUT2D eigenvalue weighted by molar-refractivity contribution is 0.0699. The first-order valence-corrected chi connectivity index (χ1v) is 4.26. The average molecular weight is 186 g/mol. The Morgan fingerprint density at radius 3 is 2.42 bits per heavy atom. The highest BCUT2D eigenvalue weighted by atomic mass is 32.1. The molecule has 1 aromatic heterocycles. The van der Waals surface area contributed by atoms with E-state index in [0.717, 1.165) is 11.5 Å². The van der Waals surface area contributed by atoms with E-state index in [0.29, 0.717) is 5.69 Å². The second-order valence-electron chi connectivity index (χ2n) is 3.51. The minimum Gasteiger partial charge on any atom is -0.477 e. The fraction of sp³-hybridized carbons (Fsp3) is 0.571. The monoisotopic (exact) mass is 186 g/mol. The van der Waals surface area contributed by atoms with Crippen molar-refractivity contribution in [1.82, 2.24) is 9.59 Å². The van der Waals surface area contributed by atoms with E-state index in [2.05, 4.69) is 9.59 Å². The molecule has 0 atom stereocenters. The molecular formula is C7H10N2O2S. The highest BCUT2D eigenvalue weighted by Gasteiger charge is 2.25. The minimum absolute atomic E-state index is 0.238. The van der Waals surface area contributed by atoms with Gasteiger partial charge in [-0.15, -0.1) is 5.10 Å². The Balaban J connectivity index is 3.17. The molecule has 1 N–H and O–H groups in total. The third-order valence-electron chi connectivity index (χ3n) is 1.39. The highest BCUT2D eigenvalue weighted by molar-refractivity contribution is 7.07. The first-order valence-electron chi connectivity index (χ1n) is 3.49. The third kappa shape index (κ3) is 1.61. The van der Waals surface area contributed by atoms with Gasteiger partial charge in [0.15, 0.2) is 4.88 Å². The van der Waals surface area contributed by atoms with Crippen LogP contribution < -0.4 is 0 Å². The Morgan fingerprint density at radius 2 is 2.08 bits per heavy atom. The number of nitrogens with zero attached hydrogens (tertiary/aromatic N) is 2. The molecule has 1 rings (SSSR count). The largest absolute Gasteiger partial charge is 0.477 e. The summed E-state index contributed by atoms with van der Waals surface area (Å²) >= 11 is 0.924. The lowest BCUT2D eigenvalue weighted by Crippen LogP contribution is -2.16. The van der Waals surface area contributed by atoms with Crippen molar-refractivity contribution >= 4 is 17.5 Å². The van der Waals surface area contributed by atoms with Crippen molar-refractivity contribution in [2.24, 2.45) is 0 Å². The molecule has 0 spiro atoms. The maximum absolute atomic E-state index is 10.7. The zero-order valence-electron chi connectivity index (χ0n) is 7.16. The van der Waals surface area contributed by atoms with Gasteiger partial charge in [0.2, 0.25) is 0 Å². The van der Waals surface area contributed by atoms with Crippen molar-refractivity contribution < 1.29 is 9.90 Å². The molecule has 0 saturated heterocycles. The van der Waals surface area contributed by atoms with Gasteiger partial charge in [0.05, 0.1) is 5.69 Å². The van der Waals surface area contributed by atoms with Gasteiger partial charge in [0.25, 0.3) is 0 Å². The van der Waals surface area contributed by atoms with Gasteiger partial charge < -0.3 is 5.11 Å². The molecule has 0 amide bonds. The molecule has 0 unspecified atom stereocenters. The number of carboxylic acids is 1. The van der Waals surface area contributed by atoms with Crippen molar-refractivity contribution in [3.63, 3.8) is 0 Å². The van der Waals surface area contributed by atoms with Crippen molar-refractivity contribution in [3.05, 3.63) is 10.6 Å². The molecule has 4 nitrogen and oxygen atoms in total. The Bertz CT molecular complexity index is 301. The van der Waals surface area contributed by atoms with E-state index >= 15 is 0 Å². The van der Waals surface area contributed by atoms with Crippen LogP contribution in [0.2, 0.25) is 0 Å². The van der Waals surface area contributed by atoms with Gasteiger partial charge in [-0.3, -0.25) is 0 Å². The molecule has 0 aromatic carbocycles. The van der Waals surface area contributed by atoms with Gasteiger partial charge in [0, 0.05) is 5.41 Å². The summed E-state index contributed by atoms with van der Waals surface area (Å²) in [6.45, 7) is 5.74. The number of carboxylic acid groups (broad SMARTS) is 1. The topological polar surface area (TPSA) is 63.1 Å². The number of hydrogen-bond acceptors (Lipinski definition) is 4. The van der Waals surface area contributed by atoms with Crippen molar-refractivity contribution in [1.29, 1.82) is 0 Å². The predicted octanol–water partition coefficient (Wildman–Crippen LogP) is 1.53. The van der Waals surface area contributed by atoms with Crippen molar-refractivity contribution in [3.8, 4) is 0 Å². The number of aromatic nitrogens is 2. The first-order chi connectivity index (χ1) is 5.43. The molecule has 0 saturated carbocycles. The lowest BCUT2D eigenvalue weighted by Gasteiger charge is -2.14. The van der Waals surface area contributed by atoms with Crippen LogP contribution in [0.5, 0.6) is 0 Å². The van der Waals surface area contributed by atoms with Crippen LogP contribution in [0.1, 0.15) is 36.1 Å². The molecule has 1 aromatic rings. The third-order valence-corrected chi connectivity index (χ3v) is 2.11. The predicted molar refractivity (Wildman–Crippen MR) is 45.6 cm³/mol. The molecule has 0 aliphatic heterocycles. The van der Waals surface area contributed by atoms with Crippen LogP contribution in [0.15, 0.2) is 0 Å². The van der Waals surface area contributed by atoms with Gasteiger partial charge in [-0.25, -0.2) is 4.79 Å². The Morgan fingerprint density at radius 1 is 1.50 bits per heavy atom. The van der Waals surface area contributed by atoms with Gasteiger partial charge in [-0.1, -0.05) is 25.3 Å². The summed E-state index contributed by atoms with van der Waals surface area (Å²) in [5, 5.41) is 12.5. The molecule has 1 heterocycles. The number of aromatic carboxylic acids is 1. The summed E-state index contributed by atoms with van der Waals surface area (Å²) < 4.78 is 3.62. The van der Waals surface area contributed by atoms with Gasteiger partial charge >= 0.3 is 5.97 Å². The van der Waals surface area contributed by atoms with Crippen LogP contribution in [-0.4, -0.2) is 20.7 Å². The summed E-state index contributed by atoms with van der Waals surface area (Å²) in [6, 6.07) is 0. The van der Waals surface area contributed by atoms with Crippen LogP contribution in [-0.2, 0) is 5.41 Å². The van der Waals surface area contributed by atoms with E-state index in [4.69, 9.17) is 5.11 Å². The SMILES string of the molecule is CC(C)(C)c1nnsc1C(=O)O. The smallest absolute Gasteiger partial charge is 0.349 e. The average Bonchev–Trinajstić information content (AvgIpc) is 2.30. The van der Waals surface area contributed by atoms with E-state index in [1.165, 1.54) is 0 Å². The van der Waals surface area contributed by atoms with Gasteiger partial charge in [0.1, 0.15) is 0 Å². The fourth-order valence-corrected chi connectivity index (χ4v) is 1.54. The summed E-state index contributed by atoms with van der Waals surface area (Å²) in [7, 11) is 0. The van der Waals surface area contributed by atoms with E-state index in [9.17, 15) is 4.79 Å². The second-order valence-corrected chi connectivity index (χ2v) is 4.26. The van der Waals surface area contributed by atoms with E-state index in [-0.39, 0.29) is 10.3 Å². The maximum Gasteiger partial charge on any atom is 0.349 e. The van der Waals surface area contributed by atoms with Crippen molar-refractivity contribution in [2.45, 2.75) is 26.2 Å². The van der Waals surface area contributed by atoms with Crippen LogP contribution in [0.25, 0.3) is 0 Å². The number of rotatable bonds is 1. The summed E-state index contributed by atoms with van der Waals surface area (Å²) in [6.07, 6.45) is 0. The summed E-state index contributed by atoms with van der Waals surface area (Å²) in [5.74, 6) is -0.949. The van der Waals surface area contributed by atoms with Crippen LogP contribution >= 0.6 is 11.5 Å². The molecule has 0 aliphatic carbocycles. The molecule has 0 bridgehead atoms. The standard InChI is InChI=1S/C7H10N2O2S/c1-7(2,3)5-4(6(10)11)12-9-8-5/h1-3H3,(H,10,11). The first kappa shape index (κ1) is 9.12. The summed E-state index contributed by atoms with van der Waals surface area (Å²) in [4.78, 5) is 10.9. The van der Waals surface area contributed by atoms with Crippen molar-refractivity contribution in [2.75, 3.05) is 0 Å². The lowest BCUT2D eigenvalue weighted by atomic mass is 9.91. The Kier molecular flexibility index (Phi) is 2.14. The fourth-order valence-electron chi connectivity index (χ4n) is 0.822. The molecule has 0 radical (unpaired) electrons. The van der Waals surface area contributed by atoms with Gasteiger partial charge in [-0.05, 0) is 11.5 Å². The molecular weight excluding hydrogens is 176 g/mol. The number of hydrogen-bond donors (Lipinski definition) is 1. The Labute approximate surface area is 74.4 Å². The molecule has 0 aliphatic rings. The second kappa shape index (κ2) is 2.82. The normalized spacial score (nSPS) is 11.6. The van der Waals surface area contributed by atoms with Crippen LogP contribution in [0.3, 0.4) is 0 Å².